The highest BCUT2D eigenvalue weighted by atomic mass is 16.3. The van der Waals surface area contributed by atoms with E-state index >= 15 is 0 Å². The fraction of sp³-hybridized carbons (Fsp3) is 0. The van der Waals surface area contributed by atoms with Crippen LogP contribution in [0.4, 0.5) is 11.5 Å². The van der Waals surface area contributed by atoms with Gasteiger partial charge in [0, 0.05) is 0 Å². The van der Waals surface area contributed by atoms with E-state index in [1.54, 1.807) is 0 Å². The van der Waals surface area contributed by atoms with Gasteiger partial charge in [-0.15, -0.1) is 10.0 Å². The summed E-state index contributed by atoms with van der Waals surface area (Å²) in [6.07, 6.45) is 1.50. The van der Waals surface area contributed by atoms with E-state index in [1.165, 1.54) is 10.9 Å². The minimum atomic E-state index is 0.142. The Hall–Kier alpha value is -2.17. The molecule has 0 aliphatic carbocycles. The zero-order chi connectivity index (χ0) is 9.97. The zero-order valence-electron chi connectivity index (χ0n) is 7.29. The molecule has 0 saturated heterocycles. The molecule has 2 aromatic rings. The number of nitrogen functional groups attached to an aromatic ring is 1. The molecule has 0 aliphatic heterocycles. The Balaban J connectivity index is 2.48. The molecule has 14 heavy (non-hydrogen) atoms. The predicted molar refractivity (Wildman–Crippen MR) is 53.4 cm³/mol. The first-order valence-corrected chi connectivity index (χ1v) is 4.05. The summed E-state index contributed by atoms with van der Waals surface area (Å²) in [5, 5.41) is 6.71. The molecule has 0 spiro atoms. The predicted octanol–water partition coefficient (Wildman–Crippen LogP) is 1.85. The van der Waals surface area contributed by atoms with Crippen LogP contribution in [-0.2, 0) is 0 Å². The van der Waals surface area contributed by atoms with Gasteiger partial charge in [0.25, 0.3) is 0 Å². The summed E-state index contributed by atoms with van der Waals surface area (Å²) in [4.78, 5) is 10.3. The number of nitrogens with two attached hydrogens (primary N) is 1. The Morgan fingerprint density at radius 2 is 2.00 bits per heavy atom. The number of aromatic nitrogens is 2. The van der Waals surface area contributed by atoms with Crippen LogP contribution in [0.5, 0.6) is 0 Å². The lowest BCUT2D eigenvalue weighted by molar-refractivity contribution is 0.886. The summed E-state index contributed by atoms with van der Waals surface area (Å²) in [5.74, 6) is 0.142. The Morgan fingerprint density at radius 1 is 1.29 bits per heavy atom. The maximum absolute atomic E-state index is 10.3. The van der Waals surface area contributed by atoms with Crippen molar-refractivity contribution in [1.29, 1.82) is 0 Å². The van der Waals surface area contributed by atoms with Crippen LogP contribution < -0.4 is 5.73 Å². The van der Waals surface area contributed by atoms with Crippen LogP contribution in [0, 0.1) is 4.91 Å². The number of rotatable bonds is 2. The zero-order valence-corrected chi connectivity index (χ0v) is 7.29. The highest BCUT2D eigenvalue weighted by Gasteiger charge is 2.06. The largest absolute Gasteiger partial charge is 0.380 e. The second-order valence-electron chi connectivity index (χ2n) is 2.77. The summed E-state index contributed by atoms with van der Waals surface area (Å²) in [5.41, 5.74) is 6.47. The lowest BCUT2D eigenvalue weighted by Crippen LogP contribution is -1.95. The first kappa shape index (κ1) is 8.43. The SMILES string of the molecule is Nc1nn(-c2ccccc2)cc1N=O. The fourth-order valence-electron chi connectivity index (χ4n) is 1.16. The molecule has 1 aromatic heterocycles. The van der Waals surface area contributed by atoms with Gasteiger partial charge in [-0.25, -0.2) is 4.68 Å². The number of anilines is 1. The first-order chi connectivity index (χ1) is 6.81. The van der Waals surface area contributed by atoms with Crippen molar-refractivity contribution in [3.05, 3.63) is 41.4 Å². The topological polar surface area (TPSA) is 73.3 Å². The number of hydrogen-bond acceptors (Lipinski definition) is 4. The van der Waals surface area contributed by atoms with E-state index in [1.807, 2.05) is 30.3 Å². The maximum atomic E-state index is 10.3. The summed E-state index contributed by atoms with van der Waals surface area (Å²) >= 11 is 0. The smallest absolute Gasteiger partial charge is 0.175 e. The molecule has 0 saturated carbocycles. The van der Waals surface area contributed by atoms with Crippen LogP contribution in [0.3, 0.4) is 0 Å². The molecule has 0 atom stereocenters. The number of benzene rings is 1. The highest BCUT2D eigenvalue weighted by molar-refractivity contribution is 5.57. The Labute approximate surface area is 80.1 Å². The molecule has 2 N–H and O–H groups in total. The van der Waals surface area contributed by atoms with Crippen LogP contribution in [-0.4, -0.2) is 9.78 Å². The standard InChI is InChI=1S/C9H8N4O/c10-9-8(12-14)6-13(11-9)7-4-2-1-3-5-7/h1-6H,(H2,10,11). The third-order valence-corrected chi connectivity index (χ3v) is 1.84. The number of para-hydroxylation sites is 1. The second-order valence-corrected chi connectivity index (χ2v) is 2.77. The number of nitrogens with zero attached hydrogens (tertiary/aromatic N) is 3. The van der Waals surface area contributed by atoms with Crippen molar-refractivity contribution in [3.8, 4) is 5.69 Å². The lowest BCUT2D eigenvalue weighted by atomic mass is 10.3. The summed E-state index contributed by atoms with van der Waals surface area (Å²) < 4.78 is 1.52. The average molecular weight is 188 g/mol. The molecule has 1 aromatic carbocycles. The van der Waals surface area contributed by atoms with Gasteiger partial charge < -0.3 is 5.73 Å². The quantitative estimate of drug-likeness (QED) is 0.731. The van der Waals surface area contributed by atoms with Crippen LogP contribution >= 0.6 is 0 Å². The monoisotopic (exact) mass is 188 g/mol. The molecule has 2 rings (SSSR count). The normalized spacial score (nSPS) is 10.0. The van der Waals surface area contributed by atoms with Gasteiger partial charge in [0.1, 0.15) is 0 Å². The lowest BCUT2D eigenvalue weighted by Gasteiger charge is -1.97. The second kappa shape index (κ2) is 3.29. The first-order valence-electron chi connectivity index (χ1n) is 4.05. The van der Waals surface area contributed by atoms with Gasteiger partial charge in [-0.3, -0.25) is 0 Å². The Morgan fingerprint density at radius 3 is 2.57 bits per heavy atom. The molecule has 0 bridgehead atoms. The van der Waals surface area contributed by atoms with Crippen molar-refractivity contribution < 1.29 is 0 Å². The van der Waals surface area contributed by atoms with Crippen molar-refractivity contribution >= 4 is 11.5 Å². The van der Waals surface area contributed by atoms with Gasteiger partial charge in [-0.1, -0.05) is 18.2 Å². The van der Waals surface area contributed by atoms with Gasteiger partial charge >= 0.3 is 0 Å². The third-order valence-electron chi connectivity index (χ3n) is 1.84. The van der Waals surface area contributed by atoms with Crippen molar-refractivity contribution in [2.45, 2.75) is 0 Å². The van der Waals surface area contributed by atoms with Gasteiger partial charge in [0.2, 0.25) is 0 Å². The summed E-state index contributed by atoms with van der Waals surface area (Å²) in [6, 6.07) is 9.37. The van der Waals surface area contributed by atoms with E-state index in [0.717, 1.165) is 5.69 Å². The molecule has 1 heterocycles. The fourth-order valence-corrected chi connectivity index (χ4v) is 1.16. The minimum absolute atomic E-state index is 0.142. The maximum Gasteiger partial charge on any atom is 0.175 e. The minimum Gasteiger partial charge on any atom is -0.380 e. The van der Waals surface area contributed by atoms with Gasteiger partial charge in [0.05, 0.1) is 11.9 Å². The van der Waals surface area contributed by atoms with Crippen molar-refractivity contribution in [1.82, 2.24) is 9.78 Å². The number of nitroso groups, excluding NO2 is 1. The molecule has 5 nitrogen and oxygen atoms in total. The van der Waals surface area contributed by atoms with Crippen LogP contribution in [0.25, 0.3) is 5.69 Å². The van der Waals surface area contributed by atoms with Gasteiger partial charge in [-0.05, 0) is 17.3 Å². The molecule has 0 radical (unpaired) electrons. The van der Waals surface area contributed by atoms with E-state index in [9.17, 15) is 4.91 Å². The molecule has 0 amide bonds. The van der Waals surface area contributed by atoms with Crippen LogP contribution in [0.15, 0.2) is 41.7 Å². The Kier molecular flexibility index (Phi) is 1.98. The molecule has 0 aliphatic rings. The van der Waals surface area contributed by atoms with Crippen LogP contribution in [0.2, 0.25) is 0 Å². The molecule has 0 fully saturated rings. The molecular formula is C9H8N4O. The van der Waals surface area contributed by atoms with Gasteiger partial charge in [-0.2, -0.15) is 0 Å². The van der Waals surface area contributed by atoms with E-state index in [-0.39, 0.29) is 11.5 Å². The average Bonchev–Trinajstić information content (AvgIpc) is 2.61. The molecule has 5 heteroatoms. The van der Waals surface area contributed by atoms with E-state index < -0.39 is 0 Å². The highest BCUT2D eigenvalue weighted by Crippen LogP contribution is 2.21. The van der Waals surface area contributed by atoms with Crippen molar-refractivity contribution in [3.63, 3.8) is 0 Å². The van der Waals surface area contributed by atoms with Gasteiger partial charge in [0.15, 0.2) is 11.5 Å². The van der Waals surface area contributed by atoms with E-state index in [0.29, 0.717) is 0 Å². The molecule has 0 unspecified atom stereocenters. The molecule has 70 valence electrons. The third kappa shape index (κ3) is 1.35. The Bertz CT molecular complexity index is 449. The molecular weight excluding hydrogens is 180 g/mol. The summed E-state index contributed by atoms with van der Waals surface area (Å²) in [6.45, 7) is 0. The summed E-state index contributed by atoms with van der Waals surface area (Å²) in [7, 11) is 0. The van der Waals surface area contributed by atoms with Crippen molar-refractivity contribution in [2.75, 3.05) is 5.73 Å². The van der Waals surface area contributed by atoms with E-state index in [2.05, 4.69) is 10.3 Å². The number of hydrogen-bond donors (Lipinski definition) is 1. The van der Waals surface area contributed by atoms with Crippen molar-refractivity contribution in [2.24, 2.45) is 5.18 Å². The van der Waals surface area contributed by atoms with E-state index in [4.69, 9.17) is 5.73 Å². The van der Waals surface area contributed by atoms with Crippen LogP contribution in [0.1, 0.15) is 0 Å².